The monoisotopic (exact) mass is 168 g/mol. The fraction of sp³-hybridized carbons (Fsp3) is 0.167. The number of aryl methyl sites for hydroxylation is 1. The lowest BCUT2D eigenvalue weighted by Crippen LogP contribution is -2.24. The minimum absolute atomic E-state index is 0.0286. The molecule has 64 valence electrons. The van der Waals surface area contributed by atoms with Gasteiger partial charge < -0.3 is 16.0 Å². The second-order valence-corrected chi connectivity index (χ2v) is 2.17. The molecule has 0 aliphatic rings. The zero-order valence-corrected chi connectivity index (χ0v) is 6.44. The van der Waals surface area contributed by atoms with Crippen molar-refractivity contribution >= 4 is 11.9 Å². The van der Waals surface area contributed by atoms with Gasteiger partial charge in [0.1, 0.15) is 0 Å². The lowest BCUT2D eigenvalue weighted by Gasteiger charge is -1.87. The number of carbonyl (C=O) groups excluding carboxylic acids is 1. The number of nitrogens with zero attached hydrogens (tertiary/aromatic N) is 2. The molecule has 1 aromatic heterocycles. The van der Waals surface area contributed by atoms with E-state index in [9.17, 15) is 4.79 Å². The van der Waals surface area contributed by atoms with Crippen LogP contribution in [0.15, 0.2) is 15.6 Å². The number of hydrogen-bond donors (Lipinski definition) is 2. The largest absolute Gasteiger partial charge is 0.370 e. The first-order chi connectivity index (χ1) is 5.59. The molecule has 1 heterocycles. The van der Waals surface area contributed by atoms with E-state index in [-0.39, 0.29) is 11.7 Å². The minimum Gasteiger partial charge on any atom is -0.370 e. The minimum atomic E-state index is -0.629. The van der Waals surface area contributed by atoms with Crippen molar-refractivity contribution in [1.29, 1.82) is 0 Å². The van der Waals surface area contributed by atoms with Crippen LogP contribution in [0.2, 0.25) is 0 Å². The Hall–Kier alpha value is -1.85. The van der Waals surface area contributed by atoms with Crippen molar-refractivity contribution in [3.8, 4) is 0 Å². The van der Waals surface area contributed by atoms with Crippen LogP contribution in [-0.4, -0.2) is 17.0 Å². The molecule has 0 aromatic carbocycles. The van der Waals surface area contributed by atoms with Gasteiger partial charge in [0.25, 0.3) is 0 Å². The number of rotatable bonds is 1. The van der Waals surface area contributed by atoms with Crippen molar-refractivity contribution in [2.24, 2.45) is 16.5 Å². The number of aromatic nitrogens is 1. The number of amides is 1. The highest BCUT2D eigenvalue weighted by Crippen LogP contribution is 2.03. The van der Waals surface area contributed by atoms with Crippen molar-refractivity contribution < 1.29 is 9.32 Å². The van der Waals surface area contributed by atoms with Crippen LogP contribution in [0.25, 0.3) is 0 Å². The molecule has 12 heavy (non-hydrogen) atoms. The van der Waals surface area contributed by atoms with Gasteiger partial charge >= 0.3 is 5.91 Å². The molecular weight excluding hydrogens is 160 g/mol. The maximum atomic E-state index is 11.0. The Morgan fingerprint density at radius 1 is 1.67 bits per heavy atom. The van der Waals surface area contributed by atoms with E-state index in [4.69, 9.17) is 11.5 Å². The summed E-state index contributed by atoms with van der Waals surface area (Å²) in [4.78, 5) is 14.2. The van der Waals surface area contributed by atoms with E-state index < -0.39 is 5.91 Å². The summed E-state index contributed by atoms with van der Waals surface area (Å²) in [7, 11) is 0. The van der Waals surface area contributed by atoms with E-state index in [0.29, 0.717) is 5.69 Å². The summed E-state index contributed by atoms with van der Waals surface area (Å²) in [5.74, 6) is -0.898. The van der Waals surface area contributed by atoms with Gasteiger partial charge in [0.05, 0.1) is 5.69 Å². The van der Waals surface area contributed by atoms with Crippen LogP contribution in [0.1, 0.15) is 16.2 Å². The van der Waals surface area contributed by atoms with E-state index in [1.807, 2.05) is 0 Å². The van der Waals surface area contributed by atoms with Crippen molar-refractivity contribution in [1.82, 2.24) is 5.16 Å². The molecule has 0 saturated carbocycles. The molecule has 0 saturated heterocycles. The summed E-state index contributed by atoms with van der Waals surface area (Å²) < 4.78 is 4.61. The number of aliphatic imine (C=N–C) groups is 1. The van der Waals surface area contributed by atoms with Gasteiger partial charge in [0, 0.05) is 6.07 Å². The first-order valence-electron chi connectivity index (χ1n) is 3.17. The molecule has 1 rings (SSSR count). The third-order valence-electron chi connectivity index (χ3n) is 1.07. The van der Waals surface area contributed by atoms with Crippen LogP contribution in [0, 0.1) is 6.92 Å². The van der Waals surface area contributed by atoms with Crippen LogP contribution in [0.4, 0.5) is 0 Å². The van der Waals surface area contributed by atoms with Crippen molar-refractivity contribution in [2.75, 3.05) is 0 Å². The predicted molar refractivity (Wildman–Crippen MR) is 41.4 cm³/mol. The van der Waals surface area contributed by atoms with Crippen LogP contribution >= 0.6 is 0 Å². The van der Waals surface area contributed by atoms with Gasteiger partial charge in [-0.05, 0) is 6.92 Å². The van der Waals surface area contributed by atoms with E-state index in [1.54, 1.807) is 6.92 Å². The third kappa shape index (κ3) is 1.82. The van der Waals surface area contributed by atoms with E-state index >= 15 is 0 Å². The molecule has 0 unspecified atom stereocenters. The summed E-state index contributed by atoms with van der Waals surface area (Å²) in [5, 5.41) is 3.50. The molecule has 0 aliphatic carbocycles. The Kier molecular flexibility index (Phi) is 2.09. The lowest BCUT2D eigenvalue weighted by molar-refractivity contribution is 0.0967. The highest BCUT2D eigenvalue weighted by atomic mass is 16.5. The van der Waals surface area contributed by atoms with Gasteiger partial charge in [0.15, 0.2) is 5.96 Å². The molecule has 0 aliphatic heterocycles. The molecule has 1 aromatic rings. The highest BCUT2D eigenvalue weighted by Gasteiger charge is 2.09. The molecule has 6 nitrogen and oxygen atoms in total. The molecule has 6 heteroatoms. The molecule has 0 radical (unpaired) electrons. The van der Waals surface area contributed by atoms with E-state index in [1.165, 1.54) is 6.07 Å². The van der Waals surface area contributed by atoms with Crippen LogP contribution in [-0.2, 0) is 0 Å². The summed E-state index contributed by atoms with van der Waals surface area (Å²) in [6.07, 6.45) is 0. The number of nitrogens with two attached hydrogens (primary N) is 2. The SMILES string of the molecule is Cc1cc(C(=O)N=C(N)N)on1. The lowest BCUT2D eigenvalue weighted by atomic mass is 10.4. The topological polar surface area (TPSA) is 108 Å². The normalized spacial score (nSPS) is 9.42. The van der Waals surface area contributed by atoms with Crippen LogP contribution < -0.4 is 11.5 Å². The third-order valence-corrected chi connectivity index (χ3v) is 1.07. The summed E-state index contributed by atoms with van der Waals surface area (Å²) in [6.45, 7) is 1.69. The fourth-order valence-corrected chi connectivity index (χ4v) is 0.637. The fourth-order valence-electron chi connectivity index (χ4n) is 0.637. The molecule has 0 bridgehead atoms. The van der Waals surface area contributed by atoms with Crippen molar-refractivity contribution in [3.05, 3.63) is 17.5 Å². The van der Waals surface area contributed by atoms with Gasteiger partial charge in [-0.1, -0.05) is 5.16 Å². The Bertz CT molecular complexity index is 324. The zero-order valence-electron chi connectivity index (χ0n) is 6.44. The molecule has 0 atom stereocenters. The van der Waals surface area contributed by atoms with Gasteiger partial charge in [-0.3, -0.25) is 4.79 Å². The first-order valence-corrected chi connectivity index (χ1v) is 3.17. The maximum Gasteiger partial charge on any atom is 0.318 e. The maximum absolute atomic E-state index is 11.0. The molecule has 0 spiro atoms. The Balaban J connectivity index is 2.86. The quantitative estimate of drug-likeness (QED) is 0.430. The van der Waals surface area contributed by atoms with Gasteiger partial charge in [-0.2, -0.15) is 4.99 Å². The van der Waals surface area contributed by atoms with Gasteiger partial charge in [0.2, 0.25) is 5.76 Å². The number of hydrogen-bond acceptors (Lipinski definition) is 3. The molecule has 4 N–H and O–H groups in total. The predicted octanol–water partition coefficient (Wildman–Crippen LogP) is -0.603. The number of guanidine groups is 1. The zero-order chi connectivity index (χ0) is 9.14. The summed E-state index contributed by atoms with van der Waals surface area (Å²) in [5.41, 5.74) is 10.6. The van der Waals surface area contributed by atoms with Crippen molar-refractivity contribution in [3.63, 3.8) is 0 Å². The summed E-state index contributed by atoms with van der Waals surface area (Å²) >= 11 is 0. The Morgan fingerprint density at radius 2 is 2.33 bits per heavy atom. The Morgan fingerprint density at radius 3 is 2.75 bits per heavy atom. The molecule has 1 amide bonds. The van der Waals surface area contributed by atoms with Gasteiger partial charge in [-0.15, -0.1) is 0 Å². The van der Waals surface area contributed by atoms with Crippen LogP contribution in [0.3, 0.4) is 0 Å². The Labute approximate surface area is 68.2 Å². The van der Waals surface area contributed by atoms with E-state index in [2.05, 4.69) is 14.7 Å². The average molecular weight is 168 g/mol. The first kappa shape index (κ1) is 8.25. The van der Waals surface area contributed by atoms with Crippen LogP contribution in [0.5, 0.6) is 0 Å². The molecular formula is C6H8N4O2. The second-order valence-electron chi connectivity index (χ2n) is 2.17. The van der Waals surface area contributed by atoms with Gasteiger partial charge in [-0.25, -0.2) is 0 Å². The second kappa shape index (κ2) is 3.04. The summed E-state index contributed by atoms with van der Waals surface area (Å²) in [6, 6.07) is 1.45. The molecule has 0 fully saturated rings. The standard InChI is InChI=1S/C6H8N4O2/c1-3-2-4(12-10-3)5(11)9-6(7)8/h2H,1H3,(H4,7,8,9,11). The van der Waals surface area contributed by atoms with E-state index in [0.717, 1.165) is 0 Å². The average Bonchev–Trinajstić information content (AvgIpc) is 2.34. The highest BCUT2D eigenvalue weighted by molar-refractivity contribution is 5.99. The smallest absolute Gasteiger partial charge is 0.318 e. The van der Waals surface area contributed by atoms with Crippen molar-refractivity contribution in [2.45, 2.75) is 6.92 Å². The number of carbonyl (C=O) groups is 1.